The largest absolute Gasteiger partial charge is 0.438 e. The number of halogens is 1. The second-order valence-corrected chi connectivity index (χ2v) is 5.98. The number of carbonyl (C=O) groups is 1. The molecule has 1 aliphatic rings. The van der Waals surface area contributed by atoms with Crippen molar-refractivity contribution in [2.75, 3.05) is 0 Å². The second kappa shape index (κ2) is 5.24. The van der Waals surface area contributed by atoms with Crippen LogP contribution in [-0.2, 0) is 0 Å². The first-order valence-electron chi connectivity index (χ1n) is 7.17. The van der Waals surface area contributed by atoms with E-state index in [9.17, 15) is 9.59 Å². The van der Waals surface area contributed by atoms with Crippen molar-refractivity contribution in [2.24, 2.45) is 5.92 Å². The van der Waals surface area contributed by atoms with Crippen LogP contribution in [0.4, 0.5) is 0 Å². The van der Waals surface area contributed by atoms with Crippen molar-refractivity contribution >= 4 is 17.4 Å². The van der Waals surface area contributed by atoms with E-state index >= 15 is 0 Å². The Kier molecular flexibility index (Phi) is 3.20. The van der Waals surface area contributed by atoms with Crippen LogP contribution in [0.5, 0.6) is 0 Å². The summed E-state index contributed by atoms with van der Waals surface area (Å²) in [6, 6.07) is 9.09. The molecule has 1 fully saturated rings. The minimum Gasteiger partial charge on any atom is -0.361 e. The monoisotopic (exact) mass is 329 g/mol. The van der Waals surface area contributed by atoms with Crippen molar-refractivity contribution in [3.63, 3.8) is 0 Å². The Balaban J connectivity index is 1.56. The first kappa shape index (κ1) is 14.0. The average molecular weight is 330 g/mol. The van der Waals surface area contributed by atoms with Gasteiger partial charge in [0.05, 0.1) is 5.02 Å². The zero-order valence-electron chi connectivity index (χ0n) is 11.9. The van der Waals surface area contributed by atoms with Gasteiger partial charge in [0.25, 0.3) is 0 Å². The first-order chi connectivity index (χ1) is 11.1. The van der Waals surface area contributed by atoms with Gasteiger partial charge in [0.1, 0.15) is 0 Å². The molecule has 0 aliphatic heterocycles. The minimum atomic E-state index is -0.601. The maximum absolute atomic E-state index is 12.5. The Labute approximate surface area is 135 Å². The molecule has 1 aliphatic carbocycles. The van der Waals surface area contributed by atoms with Crippen molar-refractivity contribution in [1.29, 1.82) is 0 Å². The summed E-state index contributed by atoms with van der Waals surface area (Å²) >= 11 is 6.30. The third-order valence-corrected chi connectivity index (χ3v) is 4.39. The highest BCUT2D eigenvalue weighted by atomic mass is 35.5. The molecule has 0 unspecified atom stereocenters. The van der Waals surface area contributed by atoms with Crippen LogP contribution >= 0.6 is 11.6 Å². The highest BCUT2D eigenvalue weighted by Gasteiger charge is 2.46. The molecule has 2 atom stereocenters. The second-order valence-electron chi connectivity index (χ2n) is 5.57. The summed E-state index contributed by atoms with van der Waals surface area (Å²) in [5.41, 5.74) is 2.31. The molecule has 116 valence electrons. The Morgan fingerprint density at radius 3 is 2.87 bits per heavy atom. The van der Waals surface area contributed by atoms with Crippen LogP contribution in [0.25, 0.3) is 11.3 Å². The molecular weight excluding hydrogens is 318 g/mol. The summed E-state index contributed by atoms with van der Waals surface area (Å²) in [6.07, 6.45) is 2.47. The van der Waals surface area contributed by atoms with Gasteiger partial charge in [-0.3, -0.25) is 14.3 Å². The topological polar surface area (TPSA) is 91.8 Å². The standard InChI is InChI=1S/C16H12ClN3O3/c17-12-6-8(3-4-9(12)13-2-1-5-18-13)14(21)10-7-11(10)15-19-16(22)23-20-15/h1-6,10-11,18H,7H2,(H,19,20,22)/t10-,11-/m0/s1. The highest BCUT2D eigenvalue weighted by Crippen LogP contribution is 2.47. The van der Waals surface area contributed by atoms with Gasteiger partial charge in [-0.25, -0.2) is 4.79 Å². The first-order valence-corrected chi connectivity index (χ1v) is 7.54. The van der Waals surface area contributed by atoms with Crippen LogP contribution in [-0.4, -0.2) is 20.9 Å². The summed E-state index contributed by atoms with van der Waals surface area (Å²) < 4.78 is 4.48. The Morgan fingerprint density at radius 1 is 1.35 bits per heavy atom. The molecule has 4 rings (SSSR count). The van der Waals surface area contributed by atoms with E-state index in [2.05, 4.69) is 19.6 Å². The van der Waals surface area contributed by atoms with Gasteiger partial charge in [0, 0.05) is 34.9 Å². The van der Waals surface area contributed by atoms with E-state index in [1.165, 1.54) is 0 Å². The van der Waals surface area contributed by atoms with Crippen LogP contribution in [0, 0.1) is 5.92 Å². The molecule has 23 heavy (non-hydrogen) atoms. The maximum atomic E-state index is 12.5. The number of hydrogen-bond donors (Lipinski definition) is 2. The van der Waals surface area contributed by atoms with Gasteiger partial charge < -0.3 is 4.98 Å². The number of aromatic nitrogens is 3. The Hall–Kier alpha value is -2.60. The number of Topliss-reactive ketones (excluding diaryl/α,β-unsaturated/α-hetero) is 1. The van der Waals surface area contributed by atoms with E-state index in [4.69, 9.17) is 11.6 Å². The van der Waals surface area contributed by atoms with Gasteiger partial charge in [-0.2, -0.15) is 0 Å². The lowest BCUT2D eigenvalue weighted by molar-refractivity contribution is 0.0964. The summed E-state index contributed by atoms with van der Waals surface area (Å²) in [6.45, 7) is 0. The molecule has 0 radical (unpaired) electrons. The van der Waals surface area contributed by atoms with Gasteiger partial charge in [-0.15, -0.1) is 0 Å². The third kappa shape index (κ3) is 2.51. The molecule has 6 nitrogen and oxygen atoms in total. The molecule has 0 saturated heterocycles. The fraction of sp³-hybridized carbons (Fsp3) is 0.188. The summed E-state index contributed by atoms with van der Waals surface area (Å²) in [7, 11) is 0. The van der Waals surface area contributed by atoms with E-state index < -0.39 is 5.76 Å². The van der Waals surface area contributed by atoms with Gasteiger partial charge in [-0.05, 0) is 24.6 Å². The Bertz CT molecular complexity index is 926. The molecule has 0 spiro atoms. The predicted molar refractivity (Wildman–Crippen MR) is 83.5 cm³/mol. The summed E-state index contributed by atoms with van der Waals surface area (Å²) in [4.78, 5) is 29.1. The summed E-state index contributed by atoms with van der Waals surface area (Å²) in [5.74, 6) is -0.448. The number of rotatable bonds is 4. The number of nitrogens with one attached hydrogen (secondary N) is 2. The number of aromatic amines is 2. The average Bonchev–Trinajstić information content (AvgIpc) is 2.94. The fourth-order valence-corrected chi connectivity index (χ4v) is 3.07. The van der Waals surface area contributed by atoms with Crippen LogP contribution in [0.15, 0.2) is 45.8 Å². The van der Waals surface area contributed by atoms with E-state index in [1.807, 2.05) is 24.4 Å². The van der Waals surface area contributed by atoms with Gasteiger partial charge in [0.15, 0.2) is 11.6 Å². The molecular formula is C16H12ClN3O3. The number of H-pyrrole nitrogens is 2. The number of benzene rings is 1. The number of nitrogens with zero attached hydrogens (tertiary/aromatic N) is 1. The number of hydrogen-bond acceptors (Lipinski definition) is 4. The predicted octanol–water partition coefficient (Wildman–Crippen LogP) is 3.00. The van der Waals surface area contributed by atoms with Gasteiger partial charge in [0.2, 0.25) is 0 Å². The normalized spacial score (nSPS) is 19.7. The van der Waals surface area contributed by atoms with E-state index in [0.717, 1.165) is 11.3 Å². The number of ketones is 1. The quantitative estimate of drug-likeness (QED) is 0.720. The molecule has 2 aromatic heterocycles. The van der Waals surface area contributed by atoms with Crippen molar-refractivity contribution < 1.29 is 9.32 Å². The molecule has 0 bridgehead atoms. The molecule has 3 aromatic rings. The van der Waals surface area contributed by atoms with E-state index in [0.29, 0.717) is 22.8 Å². The maximum Gasteiger partial charge on any atom is 0.438 e. The fourth-order valence-electron chi connectivity index (χ4n) is 2.79. The lowest BCUT2D eigenvalue weighted by atomic mass is 10.0. The molecule has 2 N–H and O–H groups in total. The molecule has 1 saturated carbocycles. The molecule has 1 aromatic carbocycles. The van der Waals surface area contributed by atoms with Crippen LogP contribution in [0.1, 0.15) is 28.5 Å². The smallest absolute Gasteiger partial charge is 0.361 e. The van der Waals surface area contributed by atoms with Crippen LogP contribution in [0.2, 0.25) is 5.02 Å². The summed E-state index contributed by atoms with van der Waals surface area (Å²) in [5, 5.41) is 4.16. The zero-order valence-corrected chi connectivity index (χ0v) is 12.6. The van der Waals surface area contributed by atoms with Crippen molar-refractivity contribution in [3.8, 4) is 11.3 Å². The third-order valence-electron chi connectivity index (χ3n) is 4.08. The molecule has 2 heterocycles. The molecule has 0 amide bonds. The van der Waals surface area contributed by atoms with Gasteiger partial charge in [-0.1, -0.05) is 28.9 Å². The number of carbonyl (C=O) groups excluding carboxylic acids is 1. The van der Waals surface area contributed by atoms with Crippen LogP contribution < -0.4 is 5.76 Å². The van der Waals surface area contributed by atoms with Crippen LogP contribution in [0.3, 0.4) is 0 Å². The lowest BCUT2D eigenvalue weighted by Gasteiger charge is -2.05. The molecule has 7 heteroatoms. The van der Waals surface area contributed by atoms with E-state index in [1.54, 1.807) is 12.1 Å². The van der Waals surface area contributed by atoms with Crippen molar-refractivity contribution in [3.05, 3.63) is 63.5 Å². The minimum absolute atomic E-state index is 0.00113. The lowest BCUT2D eigenvalue weighted by Crippen LogP contribution is -2.04. The van der Waals surface area contributed by atoms with Crippen molar-refractivity contribution in [2.45, 2.75) is 12.3 Å². The highest BCUT2D eigenvalue weighted by molar-refractivity contribution is 6.33. The Morgan fingerprint density at radius 2 is 2.22 bits per heavy atom. The zero-order chi connectivity index (χ0) is 16.0. The van der Waals surface area contributed by atoms with Gasteiger partial charge >= 0.3 is 5.76 Å². The SMILES string of the molecule is O=C(c1ccc(-c2ccc[nH]2)c(Cl)c1)[C@H]1C[C@@H]1c1noc(=O)[nH]1. The van der Waals surface area contributed by atoms with Crippen molar-refractivity contribution in [1.82, 2.24) is 15.1 Å². The van der Waals surface area contributed by atoms with E-state index in [-0.39, 0.29) is 17.6 Å².